The van der Waals surface area contributed by atoms with Crippen LogP contribution in [0.2, 0.25) is 5.02 Å². The molecule has 5 rings (SSSR count). The van der Waals surface area contributed by atoms with E-state index in [9.17, 15) is 18.0 Å². The van der Waals surface area contributed by atoms with Gasteiger partial charge in [-0.2, -0.15) is 18.3 Å². The van der Waals surface area contributed by atoms with E-state index in [4.69, 9.17) is 16.6 Å². The molecule has 4 aromatic rings. The third-order valence-corrected chi connectivity index (χ3v) is 6.59. The summed E-state index contributed by atoms with van der Waals surface area (Å²) in [6.07, 6.45) is -2.83. The van der Waals surface area contributed by atoms with Gasteiger partial charge in [0.1, 0.15) is 11.9 Å². The number of aromatic nitrogens is 2. The zero-order chi connectivity index (χ0) is 26.3. The quantitative estimate of drug-likeness (QED) is 0.284. The van der Waals surface area contributed by atoms with E-state index in [0.717, 1.165) is 34.2 Å². The van der Waals surface area contributed by atoms with E-state index in [0.29, 0.717) is 33.4 Å². The lowest BCUT2D eigenvalue weighted by molar-refractivity contribution is -0.137. The van der Waals surface area contributed by atoms with Crippen LogP contribution in [0.25, 0.3) is 10.9 Å². The van der Waals surface area contributed by atoms with E-state index in [1.807, 2.05) is 13.0 Å². The Hall–Kier alpha value is -4.11. The number of aliphatic imine (C=N–C) groups is 1. The smallest absolute Gasteiger partial charge is 0.343 e. The largest absolute Gasteiger partial charge is 0.416 e. The maximum absolute atomic E-state index is 13.5. The Bertz CT molecular complexity index is 1570. The number of amides is 1. The number of nitrogens with one attached hydrogen (secondary N) is 3. The fourth-order valence-electron chi connectivity index (χ4n) is 4.22. The Kier molecular flexibility index (Phi) is 6.25. The lowest BCUT2D eigenvalue weighted by atomic mass is 9.93. The van der Waals surface area contributed by atoms with E-state index in [-0.39, 0.29) is 0 Å². The van der Waals surface area contributed by atoms with E-state index in [1.165, 1.54) is 12.1 Å². The molecule has 0 spiro atoms. The second-order valence-corrected chi connectivity index (χ2v) is 9.16. The van der Waals surface area contributed by atoms with E-state index < -0.39 is 23.7 Å². The van der Waals surface area contributed by atoms with Crippen LogP contribution < -0.4 is 10.6 Å². The molecular weight excluding hydrogens is 503 g/mol. The Balaban J connectivity index is 1.54. The van der Waals surface area contributed by atoms with Crippen molar-refractivity contribution < 1.29 is 18.0 Å². The minimum absolute atomic E-state index is 0.293. The lowest BCUT2D eigenvalue weighted by Gasteiger charge is -2.27. The Labute approximate surface area is 215 Å². The number of benzene rings is 3. The van der Waals surface area contributed by atoms with Crippen molar-refractivity contribution in [1.82, 2.24) is 15.5 Å². The standard InChI is InChI=1S/C27H21ClF3N5O/c1-14-11-17(5-9-21(14)28)25-33-15(2)23(24(35-25)16-3-6-19(7-4-16)27(29,30)31)26(37)34-20-8-10-22-18(12-20)13-32-36-22/h3-13,24H,1-2H3,(H,32,36)(H,33,35)(H,34,37). The summed E-state index contributed by atoms with van der Waals surface area (Å²) in [5, 5.41) is 14.3. The van der Waals surface area contributed by atoms with Crippen LogP contribution in [0.1, 0.15) is 35.2 Å². The number of alkyl halides is 3. The molecule has 1 aliphatic heterocycles. The number of nitrogens with zero attached hydrogens (tertiary/aromatic N) is 2. The van der Waals surface area contributed by atoms with Crippen LogP contribution in [0.3, 0.4) is 0 Å². The number of carbonyl (C=O) groups is 1. The molecule has 1 amide bonds. The number of anilines is 1. The molecule has 1 unspecified atom stereocenters. The first-order valence-electron chi connectivity index (χ1n) is 11.3. The summed E-state index contributed by atoms with van der Waals surface area (Å²) in [6.45, 7) is 3.60. The molecule has 37 heavy (non-hydrogen) atoms. The highest BCUT2D eigenvalue weighted by molar-refractivity contribution is 6.31. The van der Waals surface area contributed by atoms with Gasteiger partial charge in [0.25, 0.3) is 5.91 Å². The first-order chi connectivity index (χ1) is 17.6. The molecule has 0 saturated heterocycles. The average molecular weight is 524 g/mol. The Morgan fingerprint density at radius 2 is 1.78 bits per heavy atom. The SMILES string of the molecule is CC1=C(C(=O)Nc2ccc3[nH]ncc3c2)C(c2ccc(C(F)(F)F)cc2)N=C(c2ccc(Cl)c(C)c2)N1. The highest BCUT2D eigenvalue weighted by atomic mass is 35.5. The van der Waals surface area contributed by atoms with Gasteiger partial charge >= 0.3 is 6.18 Å². The first-order valence-corrected chi connectivity index (χ1v) is 11.7. The molecule has 3 aromatic carbocycles. The van der Waals surface area contributed by atoms with Crippen molar-refractivity contribution in [1.29, 1.82) is 0 Å². The van der Waals surface area contributed by atoms with Gasteiger partial charge in [0.2, 0.25) is 0 Å². The van der Waals surface area contributed by atoms with Crippen molar-refractivity contribution in [2.45, 2.75) is 26.1 Å². The van der Waals surface area contributed by atoms with Crippen LogP contribution in [0, 0.1) is 6.92 Å². The maximum Gasteiger partial charge on any atom is 0.416 e. The van der Waals surface area contributed by atoms with Gasteiger partial charge < -0.3 is 10.6 Å². The summed E-state index contributed by atoms with van der Waals surface area (Å²) in [5.74, 6) is 0.0614. The number of H-pyrrole nitrogens is 1. The number of fused-ring (bicyclic) bond motifs is 1. The van der Waals surface area contributed by atoms with Crippen LogP contribution in [-0.2, 0) is 11.0 Å². The normalized spacial score (nSPS) is 15.9. The van der Waals surface area contributed by atoms with Crippen molar-refractivity contribution >= 4 is 39.9 Å². The molecule has 0 bridgehead atoms. The number of halogens is 4. The summed E-state index contributed by atoms with van der Waals surface area (Å²) in [4.78, 5) is 18.3. The highest BCUT2D eigenvalue weighted by Crippen LogP contribution is 2.35. The number of allylic oxidation sites excluding steroid dienone is 1. The van der Waals surface area contributed by atoms with Crippen molar-refractivity contribution in [3.05, 3.63) is 105 Å². The van der Waals surface area contributed by atoms with Gasteiger partial charge in [0.05, 0.1) is 22.9 Å². The molecule has 1 aromatic heterocycles. The number of hydrogen-bond donors (Lipinski definition) is 3. The van der Waals surface area contributed by atoms with Gasteiger partial charge in [-0.1, -0.05) is 23.7 Å². The number of aryl methyl sites for hydroxylation is 1. The molecule has 0 aliphatic carbocycles. The van der Waals surface area contributed by atoms with Gasteiger partial charge in [-0.15, -0.1) is 0 Å². The monoisotopic (exact) mass is 523 g/mol. The summed E-state index contributed by atoms with van der Waals surface area (Å²) in [7, 11) is 0. The summed E-state index contributed by atoms with van der Waals surface area (Å²) < 4.78 is 39.6. The number of aromatic amines is 1. The van der Waals surface area contributed by atoms with Crippen LogP contribution in [0.4, 0.5) is 18.9 Å². The van der Waals surface area contributed by atoms with Crippen molar-refractivity contribution in [3.63, 3.8) is 0 Å². The minimum Gasteiger partial charge on any atom is -0.343 e. The van der Waals surface area contributed by atoms with Gasteiger partial charge in [-0.3, -0.25) is 14.9 Å². The molecule has 0 fully saturated rings. The van der Waals surface area contributed by atoms with Crippen LogP contribution >= 0.6 is 11.6 Å². The third-order valence-electron chi connectivity index (χ3n) is 6.17. The van der Waals surface area contributed by atoms with E-state index in [2.05, 4.69) is 20.8 Å². The molecule has 1 aliphatic rings. The van der Waals surface area contributed by atoms with Crippen LogP contribution in [0.5, 0.6) is 0 Å². The highest BCUT2D eigenvalue weighted by Gasteiger charge is 2.33. The fourth-order valence-corrected chi connectivity index (χ4v) is 4.34. The number of hydrogen-bond acceptors (Lipinski definition) is 4. The predicted octanol–water partition coefficient (Wildman–Crippen LogP) is 6.55. The van der Waals surface area contributed by atoms with Gasteiger partial charge in [0.15, 0.2) is 0 Å². The van der Waals surface area contributed by atoms with Crippen molar-refractivity contribution in [2.75, 3.05) is 5.32 Å². The fraction of sp³-hybridized carbons (Fsp3) is 0.148. The molecule has 0 saturated carbocycles. The number of carbonyl (C=O) groups excluding carboxylic acids is 1. The second kappa shape index (κ2) is 9.40. The van der Waals surface area contributed by atoms with Gasteiger partial charge in [0, 0.05) is 27.4 Å². The van der Waals surface area contributed by atoms with Crippen molar-refractivity contribution in [2.24, 2.45) is 4.99 Å². The summed E-state index contributed by atoms with van der Waals surface area (Å²) in [6, 6.07) is 14.6. The molecule has 6 nitrogen and oxygen atoms in total. The molecular formula is C27H21ClF3N5O. The molecule has 1 atom stereocenters. The van der Waals surface area contributed by atoms with Gasteiger partial charge in [-0.05, 0) is 73.5 Å². The Morgan fingerprint density at radius 1 is 1.03 bits per heavy atom. The summed E-state index contributed by atoms with van der Waals surface area (Å²) >= 11 is 6.17. The molecule has 2 heterocycles. The Morgan fingerprint density at radius 3 is 2.49 bits per heavy atom. The topological polar surface area (TPSA) is 82.2 Å². The van der Waals surface area contributed by atoms with Gasteiger partial charge in [-0.25, -0.2) is 0 Å². The number of rotatable bonds is 4. The zero-order valence-corrected chi connectivity index (χ0v) is 20.5. The summed E-state index contributed by atoms with van der Waals surface area (Å²) in [5.41, 5.74) is 3.45. The number of amidine groups is 1. The van der Waals surface area contributed by atoms with E-state index >= 15 is 0 Å². The first kappa shape index (κ1) is 24.6. The molecule has 0 radical (unpaired) electrons. The molecule has 10 heteroatoms. The minimum atomic E-state index is -4.47. The van der Waals surface area contributed by atoms with Crippen LogP contribution in [-0.4, -0.2) is 21.9 Å². The van der Waals surface area contributed by atoms with E-state index in [1.54, 1.807) is 43.5 Å². The lowest BCUT2D eigenvalue weighted by Crippen LogP contribution is -2.34. The zero-order valence-electron chi connectivity index (χ0n) is 19.7. The van der Waals surface area contributed by atoms with Crippen molar-refractivity contribution in [3.8, 4) is 0 Å². The van der Waals surface area contributed by atoms with Crippen LogP contribution in [0.15, 0.2) is 83.1 Å². The molecule has 3 N–H and O–H groups in total. The molecule has 188 valence electrons. The maximum atomic E-state index is 13.5. The average Bonchev–Trinajstić information content (AvgIpc) is 3.32. The predicted molar refractivity (Wildman–Crippen MR) is 137 cm³/mol. The third kappa shape index (κ3) is 4.95. The second-order valence-electron chi connectivity index (χ2n) is 8.75.